The fourth-order valence-corrected chi connectivity index (χ4v) is 4.28. The molecule has 2 fully saturated rings. The topological polar surface area (TPSA) is 118 Å². The zero-order valence-electron chi connectivity index (χ0n) is 16.9. The summed E-state index contributed by atoms with van der Waals surface area (Å²) in [5, 5.41) is 24.8. The average Bonchev–Trinajstić information content (AvgIpc) is 3.00. The van der Waals surface area contributed by atoms with Gasteiger partial charge in [0.05, 0.1) is 5.92 Å². The lowest BCUT2D eigenvalue weighted by Gasteiger charge is -2.35. The Morgan fingerprint density at radius 2 is 1.60 bits per heavy atom. The van der Waals surface area contributed by atoms with Crippen LogP contribution in [0.2, 0.25) is 0 Å². The van der Waals surface area contributed by atoms with E-state index >= 15 is 0 Å². The number of halogens is 1. The van der Waals surface area contributed by atoms with Crippen LogP contribution in [-0.4, -0.2) is 69.1 Å². The average molecular weight is 485 g/mol. The highest BCUT2D eigenvalue weighted by Gasteiger charge is 2.29. The predicted molar refractivity (Wildman–Crippen MR) is 114 cm³/mol. The van der Waals surface area contributed by atoms with Gasteiger partial charge < -0.3 is 20.2 Å². The molecule has 30 heavy (non-hydrogen) atoms. The minimum absolute atomic E-state index is 0.117. The zero-order chi connectivity index (χ0) is 22.1. The van der Waals surface area contributed by atoms with E-state index in [4.69, 9.17) is 19.8 Å². The Kier molecular flexibility index (Phi) is 9.58. The molecule has 0 radical (unpaired) electrons. The van der Waals surface area contributed by atoms with Gasteiger partial charge in [-0.05, 0) is 50.4 Å². The molecule has 2 saturated heterocycles. The highest BCUT2D eigenvalue weighted by Crippen LogP contribution is 2.26. The lowest BCUT2D eigenvalue weighted by molar-refractivity contribution is -0.159. The Morgan fingerprint density at radius 1 is 0.967 bits per heavy atom. The molecule has 1 unspecified atom stereocenters. The highest BCUT2D eigenvalue weighted by atomic mass is 79.9. The summed E-state index contributed by atoms with van der Waals surface area (Å²) in [4.78, 5) is 35.5. The molecule has 1 aromatic rings. The molecule has 1 atom stereocenters. The first kappa shape index (κ1) is 24.1. The van der Waals surface area contributed by atoms with Crippen LogP contribution in [0.25, 0.3) is 0 Å². The molecule has 3 N–H and O–H groups in total. The minimum Gasteiger partial charge on any atom is -0.508 e. The van der Waals surface area contributed by atoms with Crippen LogP contribution in [0.5, 0.6) is 5.75 Å². The predicted octanol–water partition coefficient (Wildman–Crippen LogP) is 2.92. The number of carbonyl (C=O) groups is 3. The van der Waals surface area contributed by atoms with E-state index in [9.17, 15) is 9.90 Å². The minimum atomic E-state index is -1.82. The van der Waals surface area contributed by atoms with Crippen molar-refractivity contribution in [1.82, 2.24) is 9.80 Å². The number of carboxylic acids is 2. The largest absolute Gasteiger partial charge is 0.508 e. The van der Waals surface area contributed by atoms with Crippen LogP contribution in [-0.2, 0) is 20.9 Å². The summed E-state index contributed by atoms with van der Waals surface area (Å²) in [6, 6.07) is 5.54. The second-order valence-electron chi connectivity index (χ2n) is 7.70. The van der Waals surface area contributed by atoms with Gasteiger partial charge >= 0.3 is 11.9 Å². The first-order valence-corrected chi connectivity index (χ1v) is 11.0. The maximum atomic E-state index is 12.9. The number of aromatic hydroxyl groups is 1. The number of phenols is 1. The van der Waals surface area contributed by atoms with E-state index < -0.39 is 11.9 Å². The van der Waals surface area contributed by atoms with Gasteiger partial charge in [-0.3, -0.25) is 9.69 Å². The molecular formula is C21H29BrN2O6. The van der Waals surface area contributed by atoms with Crippen molar-refractivity contribution in [2.45, 2.75) is 45.1 Å². The van der Waals surface area contributed by atoms with Gasteiger partial charge in [-0.2, -0.15) is 0 Å². The third kappa shape index (κ3) is 7.60. The number of hydrogen-bond acceptors (Lipinski definition) is 5. The molecule has 2 heterocycles. The Morgan fingerprint density at radius 3 is 2.20 bits per heavy atom. The molecule has 0 spiro atoms. The fraction of sp³-hybridized carbons (Fsp3) is 0.571. The standard InChI is InChI=1S/C19H27BrN2O2.C2H2O4/c20-17-7-8-18(23)16(12-17)14-21-9-5-6-15(13-21)19(24)22-10-3-1-2-4-11-22;3-1(4)2(5)6/h7-8,12,15,23H,1-6,9-11,13-14H2;(H,3,4)(H,5,6). The number of benzene rings is 1. The van der Waals surface area contributed by atoms with Crippen LogP contribution in [0.1, 0.15) is 44.1 Å². The van der Waals surface area contributed by atoms with Crippen molar-refractivity contribution in [2.75, 3.05) is 26.2 Å². The van der Waals surface area contributed by atoms with Crippen molar-refractivity contribution >= 4 is 33.8 Å². The highest BCUT2D eigenvalue weighted by molar-refractivity contribution is 9.10. The van der Waals surface area contributed by atoms with E-state index in [2.05, 4.69) is 25.7 Å². The van der Waals surface area contributed by atoms with Crippen molar-refractivity contribution in [3.8, 4) is 5.75 Å². The van der Waals surface area contributed by atoms with Gasteiger partial charge in [0.1, 0.15) is 5.75 Å². The van der Waals surface area contributed by atoms with Crippen LogP contribution >= 0.6 is 15.9 Å². The zero-order valence-corrected chi connectivity index (χ0v) is 18.5. The second-order valence-corrected chi connectivity index (χ2v) is 8.61. The van der Waals surface area contributed by atoms with Gasteiger partial charge in [-0.15, -0.1) is 0 Å². The molecule has 1 amide bonds. The van der Waals surface area contributed by atoms with Gasteiger partial charge in [-0.1, -0.05) is 28.8 Å². The first-order valence-electron chi connectivity index (χ1n) is 10.2. The summed E-state index contributed by atoms with van der Waals surface area (Å²) in [7, 11) is 0. The molecule has 2 aliphatic heterocycles. The Bertz CT molecular complexity index is 737. The van der Waals surface area contributed by atoms with Gasteiger partial charge in [0, 0.05) is 36.2 Å². The molecule has 8 nitrogen and oxygen atoms in total. The van der Waals surface area contributed by atoms with E-state index in [1.54, 1.807) is 6.07 Å². The third-order valence-electron chi connectivity index (χ3n) is 5.39. The van der Waals surface area contributed by atoms with E-state index in [1.807, 2.05) is 12.1 Å². The normalized spacial score (nSPS) is 19.9. The summed E-state index contributed by atoms with van der Waals surface area (Å²) < 4.78 is 0.976. The molecule has 9 heteroatoms. The Hall–Kier alpha value is -2.13. The summed E-state index contributed by atoms with van der Waals surface area (Å²) in [6.45, 7) is 4.37. The van der Waals surface area contributed by atoms with Crippen LogP contribution < -0.4 is 0 Å². The summed E-state index contributed by atoms with van der Waals surface area (Å²) in [5.41, 5.74) is 0.923. The number of likely N-dealkylation sites (tertiary alicyclic amines) is 2. The van der Waals surface area contributed by atoms with Gasteiger partial charge in [0.25, 0.3) is 0 Å². The van der Waals surface area contributed by atoms with Gasteiger partial charge in [-0.25, -0.2) is 9.59 Å². The SMILES string of the molecule is O=C(C1CCCN(Cc2cc(Br)ccc2O)C1)N1CCCCCC1.O=C(O)C(=O)O. The maximum absolute atomic E-state index is 12.9. The van der Waals surface area contributed by atoms with Crippen molar-refractivity contribution in [3.05, 3.63) is 28.2 Å². The Labute approximate surface area is 184 Å². The van der Waals surface area contributed by atoms with Crippen LogP contribution in [0.3, 0.4) is 0 Å². The van der Waals surface area contributed by atoms with Gasteiger partial charge in [0.15, 0.2) is 0 Å². The lowest BCUT2D eigenvalue weighted by Crippen LogP contribution is -2.44. The monoisotopic (exact) mass is 484 g/mol. The number of amides is 1. The van der Waals surface area contributed by atoms with Crippen molar-refractivity contribution < 1.29 is 29.7 Å². The van der Waals surface area contributed by atoms with E-state index in [-0.39, 0.29) is 5.92 Å². The summed E-state index contributed by atoms with van der Waals surface area (Å²) >= 11 is 3.47. The number of aliphatic carboxylic acids is 2. The van der Waals surface area contributed by atoms with Crippen molar-refractivity contribution in [3.63, 3.8) is 0 Å². The molecule has 0 aliphatic carbocycles. The molecule has 3 rings (SSSR count). The molecule has 0 saturated carbocycles. The van der Waals surface area contributed by atoms with E-state index in [0.717, 1.165) is 61.9 Å². The van der Waals surface area contributed by atoms with Gasteiger partial charge in [0.2, 0.25) is 5.91 Å². The molecule has 1 aromatic carbocycles. The number of rotatable bonds is 3. The lowest BCUT2D eigenvalue weighted by atomic mass is 9.96. The van der Waals surface area contributed by atoms with Crippen LogP contribution in [0.4, 0.5) is 0 Å². The maximum Gasteiger partial charge on any atom is 0.414 e. The molecule has 0 bridgehead atoms. The number of piperidine rings is 1. The Balaban J connectivity index is 0.000000469. The van der Waals surface area contributed by atoms with E-state index in [1.165, 1.54) is 12.8 Å². The quantitative estimate of drug-likeness (QED) is 0.564. The number of carbonyl (C=O) groups excluding carboxylic acids is 1. The number of carboxylic acid groups (broad SMARTS) is 2. The number of hydrogen-bond donors (Lipinski definition) is 3. The van der Waals surface area contributed by atoms with Crippen molar-refractivity contribution in [1.29, 1.82) is 0 Å². The summed E-state index contributed by atoms with van der Waals surface area (Å²) in [6.07, 6.45) is 6.85. The summed E-state index contributed by atoms with van der Waals surface area (Å²) in [5.74, 6) is -2.85. The number of phenolic OH excluding ortho intramolecular Hbond substituents is 1. The smallest absolute Gasteiger partial charge is 0.414 e. The molecule has 2 aliphatic rings. The van der Waals surface area contributed by atoms with Crippen LogP contribution in [0, 0.1) is 5.92 Å². The molecular weight excluding hydrogens is 456 g/mol. The van der Waals surface area contributed by atoms with Crippen LogP contribution in [0.15, 0.2) is 22.7 Å². The molecule has 166 valence electrons. The number of nitrogens with zero attached hydrogens (tertiary/aromatic N) is 2. The fourth-order valence-electron chi connectivity index (χ4n) is 3.87. The third-order valence-corrected chi connectivity index (χ3v) is 5.88. The molecule has 0 aromatic heterocycles. The van der Waals surface area contributed by atoms with E-state index in [0.29, 0.717) is 18.2 Å². The second kappa shape index (κ2) is 11.9. The first-order chi connectivity index (χ1) is 14.3. The van der Waals surface area contributed by atoms with Crippen molar-refractivity contribution in [2.24, 2.45) is 5.92 Å².